The highest BCUT2D eigenvalue weighted by Crippen LogP contribution is 2.33. The van der Waals surface area contributed by atoms with Crippen molar-refractivity contribution < 1.29 is 5.11 Å². The highest BCUT2D eigenvalue weighted by atomic mass is 16.3. The Hall–Kier alpha value is -0.0800. The quantitative estimate of drug-likeness (QED) is 0.724. The second-order valence-electron chi connectivity index (χ2n) is 6.41. The molecule has 3 atom stereocenters. The van der Waals surface area contributed by atoms with Crippen LogP contribution >= 0.6 is 0 Å². The second kappa shape index (κ2) is 6.02. The van der Waals surface area contributed by atoms with Crippen LogP contribution < -0.4 is 5.32 Å². The van der Waals surface area contributed by atoms with Crippen LogP contribution in [0.15, 0.2) is 0 Å². The Balaban J connectivity index is 2.38. The number of aliphatic hydroxyl groups is 1. The number of hydrogen-bond donors (Lipinski definition) is 2. The van der Waals surface area contributed by atoms with E-state index in [0.717, 1.165) is 0 Å². The van der Waals surface area contributed by atoms with Crippen molar-refractivity contribution in [3.8, 4) is 0 Å². The summed E-state index contributed by atoms with van der Waals surface area (Å²) in [5, 5.41) is 12.8. The van der Waals surface area contributed by atoms with Crippen LogP contribution in [-0.2, 0) is 0 Å². The Morgan fingerprint density at radius 2 is 1.94 bits per heavy atom. The maximum Gasteiger partial charge on any atom is 0.0471 e. The monoisotopic (exact) mass is 227 g/mol. The van der Waals surface area contributed by atoms with E-state index >= 15 is 0 Å². The zero-order valence-electron chi connectivity index (χ0n) is 11.4. The minimum Gasteiger partial charge on any atom is -0.396 e. The molecular formula is C14H29NO. The minimum atomic E-state index is 0.284. The molecule has 96 valence electrons. The molecule has 1 aliphatic rings. The van der Waals surface area contributed by atoms with Gasteiger partial charge in [0.15, 0.2) is 0 Å². The molecule has 2 heteroatoms. The lowest BCUT2D eigenvalue weighted by atomic mass is 9.85. The third-order valence-corrected chi connectivity index (χ3v) is 4.22. The predicted molar refractivity (Wildman–Crippen MR) is 69.5 cm³/mol. The summed E-state index contributed by atoms with van der Waals surface area (Å²) >= 11 is 0. The first-order chi connectivity index (χ1) is 7.44. The molecule has 1 fully saturated rings. The van der Waals surface area contributed by atoms with Crippen molar-refractivity contribution in [2.24, 2.45) is 11.3 Å². The molecule has 2 nitrogen and oxygen atoms in total. The number of nitrogens with one attached hydrogen (secondary N) is 1. The van der Waals surface area contributed by atoms with Crippen molar-refractivity contribution in [3.63, 3.8) is 0 Å². The summed E-state index contributed by atoms with van der Waals surface area (Å²) in [5.74, 6) is 0.358. The zero-order valence-corrected chi connectivity index (χ0v) is 11.4. The van der Waals surface area contributed by atoms with Crippen molar-refractivity contribution in [2.75, 3.05) is 6.61 Å². The van der Waals surface area contributed by atoms with Crippen LogP contribution in [0.1, 0.15) is 59.8 Å². The highest BCUT2D eigenvalue weighted by Gasteiger charge is 2.25. The van der Waals surface area contributed by atoms with Gasteiger partial charge in [-0.3, -0.25) is 0 Å². The summed E-state index contributed by atoms with van der Waals surface area (Å²) < 4.78 is 0. The van der Waals surface area contributed by atoms with E-state index in [0.29, 0.717) is 23.4 Å². The fourth-order valence-corrected chi connectivity index (χ4v) is 2.52. The summed E-state index contributed by atoms with van der Waals surface area (Å²) in [5.41, 5.74) is 0.530. The van der Waals surface area contributed by atoms with Crippen LogP contribution in [0.2, 0.25) is 0 Å². The molecule has 1 aliphatic carbocycles. The molecule has 1 saturated carbocycles. The normalized spacial score (nSPS) is 29.4. The standard InChI is InChI=1S/C14H29NO/c1-11(10-16)12(2)15-13-6-5-8-14(3,4)9-7-13/h11-13,15-16H,5-10H2,1-4H3. The zero-order chi connectivity index (χ0) is 12.2. The van der Waals surface area contributed by atoms with Crippen LogP contribution in [0.4, 0.5) is 0 Å². The summed E-state index contributed by atoms with van der Waals surface area (Å²) in [7, 11) is 0. The molecule has 3 unspecified atom stereocenters. The van der Waals surface area contributed by atoms with E-state index in [9.17, 15) is 0 Å². The molecule has 1 rings (SSSR count). The van der Waals surface area contributed by atoms with Gasteiger partial charge in [-0.15, -0.1) is 0 Å². The van der Waals surface area contributed by atoms with Gasteiger partial charge < -0.3 is 10.4 Å². The lowest BCUT2D eigenvalue weighted by Gasteiger charge is -2.26. The van der Waals surface area contributed by atoms with Gasteiger partial charge in [-0.05, 0) is 43.9 Å². The third-order valence-electron chi connectivity index (χ3n) is 4.22. The maximum atomic E-state index is 9.13. The molecule has 0 heterocycles. The van der Waals surface area contributed by atoms with E-state index in [4.69, 9.17) is 5.11 Å². The van der Waals surface area contributed by atoms with Crippen molar-refractivity contribution in [1.82, 2.24) is 5.32 Å². The van der Waals surface area contributed by atoms with Gasteiger partial charge in [0, 0.05) is 18.7 Å². The van der Waals surface area contributed by atoms with Crippen LogP contribution in [0.3, 0.4) is 0 Å². The first-order valence-electron chi connectivity index (χ1n) is 6.81. The first kappa shape index (κ1) is 14.0. The van der Waals surface area contributed by atoms with E-state index in [1.165, 1.54) is 32.1 Å². The van der Waals surface area contributed by atoms with Crippen LogP contribution in [0.25, 0.3) is 0 Å². The lowest BCUT2D eigenvalue weighted by Crippen LogP contribution is -2.41. The predicted octanol–water partition coefficient (Wildman–Crippen LogP) is 2.95. The van der Waals surface area contributed by atoms with E-state index in [1.54, 1.807) is 0 Å². The van der Waals surface area contributed by atoms with Gasteiger partial charge in [0.2, 0.25) is 0 Å². The largest absolute Gasteiger partial charge is 0.396 e. The SMILES string of the molecule is CC(CO)C(C)NC1CCCC(C)(C)CC1. The van der Waals surface area contributed by atoms with E-state index in [-0.39, 0.29) is 6.61 Å². The van der Waals surface area contributed by atoms with E-state index < -0.39 is 0 Å². The number of hydrogen-bond acceptors (Lipinski definition) is 2. The summed E-state index contributed by atoms with van der Waals surface area (Å²) in [6.07, 6.45) is 6.60. The molecule has 0 aromatic carbocycles. The van der Waals surface area contributed by atoms with E-state index in [1.807, 2.05) is 0 Å². The molecule has 0 bridgehead atoms. The Morgan fingerprint density at radius 3 is 2.56 bits per heavy atom. The average Bonchev–Trinajstić information content (AvgIpc) is 2.39. The summed E-state index contributed by atoms with van der Waals surface area (Å²) in [4.78, 5) is 0. The Labute approximate surface area is 101 Å². The van der Waals surface area contributed by atoms with Gasteiger partial charge >= 0.3 is 0 Å². The van der Waals surface area contributed by atoms with Gasteiger partial charge in [-0.25, -0.2) is 0 Å². The van der Waals surface area contributed by atoms with Gasteiger partial charge in [0.25, 0.3) is 0 Å². The fourth-order valence-electron chi connectivity index (χ4n) is 2.52. The maximum absolute atomic E-state index is 9.13. The number of aliphatic hydroxyl groups excluding tert-OH is 1. The van der Waals surface area contributed by atoms with Crippen molar-refractivity contribution in [2.45, 2.75) is 71.9 Å². The molecule has 2 N–H and O–H groups in total. The van der Waals surface area contributed by atoms with Gasteiger partial charge in [0.1, 0.15) is 0 Å². The third kappa shape index (κ3) is 4.42. The van der Waals surface area contributed by atoms with Crippen LogP contribution in [0, 0.1) is 11.3 Å². The van der Waals surface area contributed by atoms with Crippen LogP contribution in [0.5, 0.6) is 0 Å². The van der Waals surface area contributed by atoms with Gasteiger partial charge in [-0.1, -0.05) is 27.2 Å². The topological polar surface area (TPSA) is 32.3 Å². The van der Waals surface area contributed by atoms with Crippen molar-refractivity contribution >= 4 is 0 Å². The molecule has 0 saturated heterocycles. The van der Waals surface area contributed by atoms with Crippen molar-refractivity contribution in [1.29, 1.82) is 0 Å². The second-order valence-corrected chi connectivity index (χ2v) is 6.41. The summed E-state index contributed by atoms with van der Waals surface area (Å²) in [6.45, 7) is 9.35. The summed E-state index contributed by atoms with van der Waals surface area (Å²) in [6, 6.07) is 1.09. The minimum absolute atomic E-state index is 0.284. The van der Waals surface area contributed by atoms with E-state index in [2.05, 4.69) is 33.0 Å². The highest BCUT2D eigenvalue weighted by molar-refractivity contribution is 4.82. The number of rotatable bonds is 4. The van der Waals surface area contributed by atoms with Crippen LogP contribution in [-0.4, -0.2) is 23.8 Å². The molecule has 0 aromatic heterocycles. The van der Waals surface area contributed by atoms with Gasteiger partial charge in [0.05, 0.1) is 0 Å². The molecule has 0 aliphatic heterocycles. The Kier molecular flexibility index (Phi) is 5.26. The molecular weight excluding hydrogens is 198 g/mol. The fraction of sp³-hybridized carbons (Fsp3) is 1.00. The Bertz CT molecular complexity index is 203. The molecule has 0 amide bonds. The average molecular weight is 227 g/mol. The molecule has 0 spiro atoms. The smallest absolute Gasteiger partial charge is 0.0471 e. The first-order valence-corrected chi connectivity index (χ1v) is 6.81. The molecule has 0 aromatic rings. The van der Waals surface area contributed by atoms with Gasteiger partial charge in [-0.2, -0.15) is 0 Å². The van der Waals surface area contributed by atoms with Crippen molar-refractivity contribution in [3.05, 3.63) is 0 Å². The lowest BCUT2D eigenvalue weighted by molar-refractivity contribution is 0.197. The molecule has 16 heavy (non-hydrogen) atoms. The molecule has 0 radical (unpaired) electrons. The Morgan fingerprint density at radius 1 is 1.25 bits per heavy atom.